The van der Waals surface area contributed by atoms with E-state index in [1.165, 1.54) is 22.7 Å². The van der Waals surface area contributed by atoms with Gasteiger partial charge in [-0.2, -0.15) is 9.61 Å². The summed E-state index contributed by atoms with van der Waals surface area (Å²) in [7, 11) is 0. The lowest BCUT2D eigenvalue weighted by Crippen LogP contribution is -2.10. The van der Waals surface area contributed by atoms with Crippen molar-refractivity contribution in [2.45, 2.75) is 13.3 Å². The van der Waals surface area contributed by atoms with Gasteiger partial charge in [0.05, 0.1) is 5.02 Å². The van der Waals surface area contributed by atoms with Gasteiger partial charge in [-0.25, -0.2) is 0 Å². The molecule has 5 aromatic rings. The van der Waals surface area contributed by atoms with Crippen LogP contribution in [0.4, 0.5) is 5.69 Å². The number of hydrogen-bond donors (Lipinski definition) is 1. The molecule has 29 heavy (non-hydrogen) atoms. The number of aryl methyl sites for hydroxylation is 1. The van der Waals surface area contributed by atoms with Gasteiger partial charge in [-0.05, 0) is 18.2 Å². The normalized spacial score (nSPS) is 11.4. The minimum absolute atomic E-state index is 0.222. The van der Waals surface area contributed by atoms with E-state index in [0.717, 1.165) is 37.9 Å². The van der Waals surface area contributed by atoms with Gasteiger partial charge in [0.1, 0.15) is 9.88 Å². The van der Waals surface area contributed by atoms with Crippen LogP contribution in [0.3, 0.4) is 0 Å². The summed E-state index contributed by atoms with van der Waals surface area (Å²) in [5, 5.41) is 18.0. The SMILES string of the molecule is CCc1nnc2sc(-c3cccc(NC(=O)c4sc5ccccc5c4Cl)c3)nn12. The standard InChI is InChI=1S/C20H14ClN5OS2/c1-2-15-23-24-20-26(15)25-19(29-20)11-6-5-7-12(10-11)22-18(27)17-16(21)13-8-3-4-9-14(13)28-17/h3-10H,2H2,1H3,(H,22,27). The number of amides is 1. The average Bonchev–Trinajstić information content (AvgIpc) is 3.41. The molecule has 5 rings (SSSR count). The monoisotopic (exact) mass is 439 g/mol. The number of carbonyl (C=O) groups excluding carboxylic acids is 1. The van der Waals surface area contributed by atoms with Gasteiger partial charge in [-0.15, -0.1) is 21.5 Å². The maximum Gasteiger partial charge on any atom is 0.267 e. The van der Waals surface area contributed by atoms with Crippen LogP contribution >= 0.6 is 34.3 Å². The van der Waals surface area contributed by atoms with Crippen molar-refractivity contribution < 1.29 is 4.79 Å². The number of fused-ring (bicyclic) bond motifs is 2. The Bertz CT molecular complexity index is 1370. The summed E-state index contributed by atoms with van der Waals surface area (Å²) >= 11 is 9.28. The molecule has 0 spiro atoms. The fraction of sp³-hybridized carbons (Fsp3) is 0.100. The summed E-state index contributed by atoms with van der Waals surface area (Å²) < 4.78 is 2.75. The fourth-order valence-electron chi connectivity index (χ4n) is 3.07. The highest BCUT2D eigenvalue weighted by Crippen LogP contribution is 2.36. The first kappa shape index (κ1) is 18.2. The molecule has 0 bridgehead atoms. The van der Waals surface area contributed by atoms with E-state index in [4.69, 9.17) is 11.6 Å². The van der Waals surface area contributed by atoms with Gasteiger partial charge >= 0.3 is 0 Å². The van der Waals surface area contributed by atoms with Crippen molar-refractivity contribution in [2.24, 2.45) is 0 Å². The zero-order valence-electron chi connectivity index (χ0n) is 15.2. The first-order valence-corrected chi connectivity index (χ1v) is 10.9. The van der Waals surface area contributed by atoms with E-state index in [1.807, 2.05) is 55.5 Å². The van der Waals surface area contributed by atoms with Gasteiger partial charge in [0.15, 0.2) is 5.82 Å². The molecular weight excluding hydrogens is 426 g/mol. The summed E-state index contributed by atoms with van der Waals surface area (Å²) in [5.41, 5.74) is 1.59. The molecule has 0 fully saturated rings. The van der Waals surface area contributed by atoms with Crippen molar-refractivity contribution in [3.05, 3.63) is 64.3 Å². The average molecular weight is 440 g/mol. The Hall–Kier alpha value is -2.81. The molecule has 6 nitrogen and oxygen atoms in total. The lowest BCUT2D eigenvalue weighted by molar-refractivity contribution is 0.103. The number of anilines is 1. The van der Waals surface area contributed by atoms with Crippen LogP contribution in [0.2, 0.25) is 5.02 Å². The van der Waals surface area contributed by atoms with Crippen LogP contribution < -0.4 is 5.32 Å². The Morgan fingerprint density at radius 3 is 2.83 bits per heavy atom. The topological polar surface area (TPSA) is 72.2 Å². The highest BCUT2D eigenvalue weighted by molar-refractivity contribution is 7.21. The Balaban J connectivity index is 1.45. The predicted molar refractivity (Wildman–Crippen MR) is 118 cm³/mol. The molecule has 1 amide bonds. The molecule has 0 saturated heterocycles. The summed E-state index contributed by atoms with van der Waals surface area (Å²) in [6.07, 6.45) is 0.760. The molecule has 0 atom stereocenters. The maximum absolute atomic E-state index is 12.8. The Kier molecular flexibility index (Phi) is 4.54. The van der Waals surface area contributed by atoms with E-state index in [0.29, 0.717) is 15.6 Å². The Morgan fingerprint density at radius 1 is 1.14 bits per heavy atom. The molecule has 0 radical (unpaired) electrons. The molecule has 0 aliphatic carbocycles. The van der Waals surface area contributed by atoms with Gasteiger partial charge in [0, 0.05) is 27.8 Å². The number of aromatic nitrogens is 4. The second kappa shape index (κ2) is 7.22. The van der Waals surface area contributed by atoms with E-state index >= 15 is 0 Å². The summed E-state index contributed by atoms with van der Waals surface area (Å²) in [5.74, 6) is 0.603. The van der Waals surface area contributed by atoms with Crippen LogP contribution in [-0.4, -0.2) is 25.7 Å². The number of rotatable bonds is 4. The number of thiophene rings is 1. The third kappa shape index (κ3) is 3.19. The molecule has 1 N–H and O–H groups in total. The van der Waals surface area contributed by atoms with Crippen molar-refractivity contribution in [1.82, 2.24) is 19.8 Å². The minimum Gasteiger partial charge on any atom is -0.321 e. The molecule has 3 heterocycles. The van der Waals surface area contributed by atoms with Crippen molar-refractivity contribution in [3.63, 3.8) is 0 Å². The zero-order chi connectivity index (χ0) is 20.0. The maximum atomic E-state index is 12.8. The molecule has 9 heteroatoms. The van der Waals surface area contributed by atoms with Crippen molar-refractivity contribution >= 4 is 60.9 Å². The van der Waals surface area contributed by atoms with Crippen LogP contribution in [0, 0.1) is 0 Å². The minimum atomic E-state index is -0.222. The summed E-state index contributed by atoms with van der Waals surface area (Å²) in [6.45, 7) is 2.02. The smallest absolute Gasteiger partial charge is 0.267 e. The fourth-order valence-corrected chi connectivity index (χ4v) is 5.34. The van der Waals surface area contributed by atoms with Gasteiger partial charge in [0.25, 0.3) is 5.91 Å². The lowest BCUT2D eigenvalue weighted by atomic mass is 10.2. The van der Waals surface area contributed by atoms with Crippen molar-refractivity contribution in [2.75, 3.05) is 5.32 Å². The van der Waals surface area contributed by atoms with Crippen LogP contribution in [0.25, 0.3) is 25.6 Å². The molecule has 2 aromatic carbocycles. The third-order valence-corrected chi connectivity index (χ3v) is 7.10. The quantitative estimate of drug-likeness (QED) is 0.399. The van der Waals surface area contributed by atoms with Crippen LogP contribution in [0.15, 0.2) is 48.5 Å². The van der Waals surface area contributed by atoms with Crippen LogP contribution in [-0.2, 0) is 6.42 Å². The van der Waals surface area contributed by atoms with Crippen LogP contribution in [0.5, 0.6) is 0 Å². The molecule has 0 saturated carbocycles. The number of halogens is 1. The first-order chi connectivity index (χ1) is 14.1. The largest absolute Gasteiger partial charge is 0.321 e. The second-order valence-corrected chi connectivity index (χ2v) is 8.73. The zero-order valence-corrected chi connectivity index (χ0v) is 17.6. The molecular formula is C20H14ClN5OS2. The Labute approximate surface area is 178 Å². The number of nitrogens with zero attached hydrogens (tertiary/aromatic N) is 4. The molecule has 144 valence electrons. The molecule has 0 aliphatic rings. The lowest BCUT2D eigenvalue weighted by Gasteiger charge is -2.05. The molecule has 0 unspecified atom stereocenters. The Morgan fingerprint density at radius 2 is 2.00 bits per heavy atom. The highest BCUT2D eigenvalue weighted by Gasteiger charge is 2.18. The molecule has 0 aliphatic heterocycles. The molecule has 3 aromatic heterocycles. The van der Waals surface area contributed by atoms with Crippen molar-refractivity contribution in [1.29, 1.82) is 0 Å². The second-order valence-electron chi connectivity index (χ2n) is 6.35. The number of nitrogens with one attached hydrogen (secondary N) is 1. The van der Waals surface area contributed by atoms with E-state index in [1.54, 1.807) is 4.52 Å². The number of benzene rings is 2. The van der Waals surface area contributed by atoms with E-state index in [-0.39, 0.29) is 5.91 Å². The highest BCUT2D eigenvalue weighted by atomic mass is 35.5. The number of hydrogen-bond acceptors (Lipinski definition) is 6. The summed E-state index contributed by atoms with van der Waals surface area (Å²) in [4.78, 5) is 14.1. The van der Waals surface area contributed by atoms with Crippen LogP contribution in [0.1, 0.15) is 22.4 Å². The van der Waals surface area contributed by atoms with E-state index in [9.17, 15) is 4.79 Å². The first-order valence-electron chi connectivity index (χ1n) is 8.94. The third-order valence-electron chi connectivity index (χ3n) is 4.48. The van der Waals surface area contributed by atoms with Crippen molar-refractivity contribution in [3.8, 4) is 10.6 Å². The van der Waals surface area contributed by atoms with E-state index in [2.05, 4.69) is 20.6 Å². The van der Waals surface area contributed by atoms with Gasteiger partial charge in [-0.1, -0.05) is 60.2 Å². The van der Waals surface area contributed by atoms with E-state index < -0.39 is 0 Å². The van der Waals surface area contributed by atoms with Gasteiger partial charge in [0.2, 0.25) is 4.96 Å². The predicted octanol–water partition coefficient (Wildman–Crippen LogP) is 5.54. The van der Waals surface area contributed by atoms with Gasteiger partial charge in [-0.3, -0.25) is 4.79 Å². The number of carbonyl (C=O) groups is 1. The van der Waals surface area contributed by atoms with Gasteiger partial charge < -0.3 is 5.32 Å². The summed E-state index contributed by atoms with van der Waals surface area (Å²) in [6, 6.07) is 15.3.